The highest BCUT2D eigenvalue weighted by Gasteiger charge is 2.22. The van der Waals surface area contributed by atoms with Gasteiger partial charge in [0.25, 0.3) is 0 Å². The largest absolute Gasteiger partial charge is 0.303 e. The number of H-pyrrole nitrogens is 1. The van der Waals surface area contributed by atoms with E-state index in [0.29, 0.717) is 0 Å². The molecule has 1 atom stereocenters. The first-order valence-corrected chi connectivity index (χ1v) is 5.11. The van der Waals surface area contributed by atoms with Crippen molar-refractivity contribution in [2.45, 2.75) is 12.5 Å². The lowest BCUT2D eigenvalue weighted by Crippen LogP contribution is -2.31. The van der Waals surface area contributed by atoms with Gasteiger partial charge < -0.3 is 5.32 Å². The van der Waals surface area contributed by atoms with E-state index in [-0.39, 0.29) is 6.04 Å². The fourth-order valence-corrected chi connectivity index (χ4v) is 2.10. The maximum Gasteiger partial charge on any atom is 0.145 e. The minimum Gasteiger partial charge on any atom is -0.303 e. The number of benzene rings is 1. The molecule has 0 unspecified atom stereocenters. The molecule has 0 aliphatic carbocycles. The first-order valence-electron chi connectivity index (χ1n) is 5.11. The van der Waals surface area contributed by atoms with Gasteiger partial charge in [-0.15, -0.1) is 0 Å². The highest BCUT2D eigenvalue weighted by Crippen LogP contribution is 2.25. The van der Waals surface area contributed by atoms with E-state index < -0.39 is 0 Å². The minimum absolute atomic E-state index is 0.164. The highest BCUT2D eigenvalue weighted by molar-refractivity contribution is 5.35. The Labute approximate surface area is 87.7 Å². The number of hydrogen-bond donors (Lipinski definition) is 2. The van der Waals surface area contributed by atoms with Crippen molar-refractivity contribution in [2.75, 3.05) is 6.54 Å². The molecule has 0 bridgehead atoms. The predicted octanol–water partition coefficient (Wildman–Crippen LogP) is 1.04. The molecule has 0 amide bonds. The van der Waals surface area contributed by atoms with Gasteiger partial charge in [-0.05, 0) is 17.5 Å². The zero-order chi connectivity index (χ0) is 10.1. The van der Waals surface area contributed by atoms with E-state index in [4.69, 9.17) is 0 Å². The van der Waals surface area contributed by atoms with Gasteiger partial charge in [0.05, 0.1) is 6.04 Å². The smallest absolute Gasteiger partial charge is 0.145 e. The van der Waals surface area contributed by atoms with Gasteiger partial charge >= 0.3 is 0 Å². The van der Waals surface area contributed by atoms with Crippen LogP contribution in [0.5, 0.6) is 0 Å². The highest BCUT2D eigenvalue weighted by atomic mass is 15.2. The molecule has 1 aromatic carbocycles. The van der Waals surface area contributed by atoms with E-state index in [9.17, 15) is 0 Å². The minimum atomic E-state index is 0.164. The summed E-state index contributed by atoms with van der Waals surface area (Å²) in [5, 5.41) is 10.3. The molecular formula is C11H12N4. The molecule has 4 nitrogen and oxygen atoms in total. The molecule has 3 rings (SSSR count). The van der Waals surface area contributed by atoms with Gasteiger partial charge in [-0.2, -0.15) is 5.10 Å². The van der Waals surface area contributed by atoms with Gasteiger partial charge in [0.2, 0.25) is 0 Å². The van der Waals surface area contributed by atoms with E-state index in [1.54, 1.807) is 6.33 Å². The lowest BCUT2D eigenvalue weighted by molar-refractivity contribution is 0.545. The second-order valence-electron chi connectivity index (χ2n) is 3.71. The van der Waals surface area contributed by atoms with Crippen molar-refractivity contribution in [3.8, 4) is 0 Å². The second kappa shape index (κ2) is 3.47. The molecule has 1 aromatic heterocycles. The van der Waals surface area contributed by atoms with E-state index in [2.05, 4.69) is 44.8 Å². The van der Waals surface area contributed by atoms with Crippen LogP contribution in [0.1, 0.15) is 23.0 Å². The van der Waals surface area contributed by atoms with Crippen molar-refractivity contribution in [3.05, 3.63) is 47.5 Å². The first-order chi connectivity index (χ1) is 7.45. The molecule has 0 fully saturated rings. The van der Waals surface area contributed by atoms with Gasteiger partial charge in [-0.3, -0.25) is 5.10 Å². The van der Waals surface area contributed by atoms with Crippen molar-refractivity contribution in [3.63, 3.8) is 0 Å². The Morgan fingerprint density at radius 2 is 2.20 bits per heavy atom. The van der Waals surface area contributed by atoms with Crippen molar-refractivity contribution >= 4 is 0 Å². The summed E-state index contributed by atoms with van der Waals surface area (Å²) in [6.07, 6.45) is 2.63. The summed E-state index contributed by atoms with van der Waals surface area (Å²) < 4.78 is 0. The second-order valence-corrected chi connectivity index (χ2v) is 3.71. The van der Waals surface area contributed by atoms with Crippen LogP contribution in [0.4, 0.5) is 0 Å². The van der Waals surface area contributed by atoms with E-state index >= 15 is 0 Å². The van der Waals surface area contributed by atoms with Crippen molar-refractivity contribution in [1.82, 2.24) is 20.5 Å². The summed E-state index contributed by atoms with van der Waals surface area (Å²) >= 11 is 0. The number of hydrogen-bond acceptors (Lipinski definition) is 3. The SMILES string of the molecule is c1ccc2c(c1)CCN[C@@H]2c1ncn[nH]1. The molecule has 1 aliphatic heterocycles. The molecule has 0 saturated carbocycles. The summed E-state index contributed by atoms with van der Waals surface area (Å²) in [6.45, 7) is 0.988. The van der Waals surface area contributed by atoms with Gasteiger partial charge in [0, 0.05) is 6.54 Å². The first kappa shape index (κ1) is 8.61. The molecule has 2 heterocycles. The third kappa shape index (κ3) is 1.43. The molecule has 4 heteroatoms. The molecule has 1 aliphatic rings. The third-order valence-corrected chi connectivity index (χ3v) is 2.82. The van der Waals surface area contributed by atoms with Gasteiger partial charge in [0.15, 0.2) is 0 Å². The van der Waals surface area contributed by atoms with Gasteiger partial charge in [0.1, 0.15) is 12.2 Å². The Morgan fingerprint density at radius 3 is 3.07 bits per heavy atom. The summed E-state index contributed by atoms with van der Waals surface area (Å²) in [6, 6.07) is 8.64. The normalized spacial score (nSPS) is 19.9. The van der Waals surface area contributed by atoms with Crippen molar-refractivity contribution in [2.24, 2.45) is 0 Å². The number of aromatic amines is 1. The lowest BCUT2D eigenvalue weighted by Gasteiger charge is -2.24. The molecule has 0 radical (unpaired) electrons. The fourth-order valence-electron chi connectivity index (χ4n) is 2.10. The average Bonchev–Trinajstić information content (AvgIpc) is 2.82. The van der Waals surface area contributed by atoms with E-state index in [1.807, 2.05) is 0 Å². The summed E-state index contributed by atoms with van der Waals surface area (Å²) in [5.41, 5.74) is 2.71. The van der Waals surface area contributed by atoms with Crippen LogP contribution < -0.4 is 5.32 Å². The zero-order valence-corrected chi connectivity index (χ0v) is 8.27. The van der Waals surface area contributed by atoms with Crippen molar-refractivity contribution in [1.29, 1.82) is 0 Å². The number of nitrogens with one attached hydrogen (secondary N) is 2. The third-order valence-electron chi connectivity index (χ3n) is 2.82. The van der Waals surface area contributed by atoms with Crippen LogP contribution in [0.3, 0.4) is 0 Å². The van der Waals surface area contributed by atoms with Crippen LogP contribution >= 0.6 is 0 Å². The Bertz CT molecular complexity index is 449. The summed E-state index contributed by atoms with van der Waals surface area (Å²) in [5.74, 6) is 0.891. The van der Waals surface area contributed by atoms with Crippen LogP contribution in [-0.4, -0.2) is 21.7 Å². The molecule has 2 aromatic rings. The van der Waals surface area contributed by atoms with Crippen LogP contribution in [0.2, 0.25) is 0 Å². The predicted molar refractivity (Wildman–Crippen MR) is 56.4 cm³/mol. The van der Waals surface area contributed by atoms with Crippen LogP contribution in [0.15, 0.2) is 30.6 Å². The molecule has 2 N–H and O–H groups in total. The summed E-state index contributed by atoms with van der Waals surface area (Å²) in [4.78, 5) is 4.21. The maximum atomic E-state index is 4.21. The Kier molecular flexibility index (Phi) is 1.99. The van der Waals surface area contributed by atoms with E-state index in [1.165, 1.54) is 11.1 Å². The molecule has 15 heavy (non-hydrogen) atoms. The Hall–Kier alpha value is -1.68. The molecule has 76 valence electrons. The maximum absolute atomic E-state index is 4.21. The molecule has 0 saturated heterocycles. The Balaban J connectivity index is 2.06. The average molecular weight is 200 g/mol. The standard InChI is InChI=1S/C11H12N4/c1-2-4-9-8(3-1)5-6-12-10(9)11-13-7-14-15-11/h1-4,7,10,12H,5-6H2,(H,13,14,15)/t10-/m0/s1. The number of aromatic nitrogens is 3. The fraction of sp³-hybridized carbons (Fsp3) is 0.273. The molecular weight excluding hydrogens is 188 g/mol. The number of rotatable bonds is 1. The summed E-state index contributed by atoms with van der Waals surface area (Å²) in [7, 11) is 0. The monoisotopic (exact) mass is 200 g/mol. The van der Waals surface area contributed by atoms with Crippen LogP contribution in [0, 0.1) is 0 Å². The van der Waals surface area contributed by atoms with Crippen LogP contribution in [-0.2, 0) is 6.42 Å². The number of fused-ring (bicyclic) bond motifs is 1. The number of nitrogens with zero attached hydrogens (tertiary/aromatic N) is 2. The zero-order valence-electron chi connectivity index (χ0n) is 8.27. The quantitative estimate of drug-likeness (QED) is 0.723. The topological polar surface area (TPSA) is 53.6 Å². The van der Waals surface area contributed by atoms with E-state index in [0.717, 1.165) is 18.8 Å². The van der Waals surface area contributed by atoms with Gasteiger partial charge in [-0.1, -0.05) is 24.3 Å². The van der Waals surface area contributed by atoms with Crippen LogP contribution in [0.25, 0.3) is 0 Å². The van der Waals surface area contributed by atoms with Gasteiger partial charge in [-0.25, -0.2) is 4.98 Å². The van der Waals surface area contributed by atoms with Crippen molar-refractivity contribution < 1.29 is 0 Å². The molecule has 0 spiro atoms. The Morgan fingerprint density at radius 1 is 1.27 bits per heavy atom. The lowest BCUT2D eigenvalue weighted by atomic mass is 9.94.